The standard InChI is InChI=1S/C34H37ClF5N3O7S/c1-2-17-48-29-20-23(9-12-28(29)35)33(36,37)30(31(44)42-15-13-24(41)14-16-42)43(50-32(45)34(38,39)40)51(46,47)27-11-8-21-18-26(10-7-22(21)19-27)49-25-5-3-4-6-25/h7-12,18-20,24-25,30H,2-6,13-17,41H2,1H3/t30-/m1/s1. The van der Waals surface area contributed by atoms with Crippen LogP contribution in [0.5, 0.6) is 11.5 Å². The highest BCUT2D eigenvalue weighted by Crippen LogP contribution is 2.42. The summed E-state index contributed by atoms with van der Waals surface area (Å²) in [6, 6.07) is 6.72. The number of likely N-dealkylation sites (tertiary alicyclic amines) is 1. The van der Waals surface area contributed by atoms with Gasteiger partial charge >= 0.3 is 18.1 Å². The molecule has 0 bridgehead atoms. The molecule has 0 spiro atoms. The van der Waals surface area contributed by atoms with Crippen molar-refractivity contribution in [1.29, 1.82) is 0 Å². The van der Waals surface area contributed by atoms with E-state index in [1.54, 1.807) is 19.1 Å². The normalized spacial score (nSPS) is 17.2. The van der Waals surface area contributed by atoms with Crippen LogP contribution in [0.2, 0.25) is 5.02 Å². The van der Waals surface area contributed by atoms with Gasteiger partial charge in [-0.2, -0.15) is 22.0 Å². The lowest BCUT2D eigenvalue weighted by atomic mass is 9.98. The number of ether oxygens (including phenoxy) is 2. The van der Waals surface area contributed by atoms with E-state index in [4.69, 9.17) is 26.8 Å². The Kier molecular flexibility index (Phi) is 11.7. The highest BCUT2D eigenvalue weighted by Gasteiger charge is 2.58. The molecular formula is C34H37ClF5N3O7S. The van der Waals surface area contributed by atoms with E-state index >= 15 is 8.78 Å². The number of fused-ring (bicyclic) bond motifs is 1. The monoisotopic (exact) mass is 761 g/mol. The second-order valence-electron chi connectivity index (χ2n) is 12.5. The maximum Gasteiger partial charge on any atom is 0.492 e. The van der Waals surface area contributed by atoms with E-state index in [2.05, 4.69) is 4.84 Å². The van der Waals surface area contributed by atoms with Gasteiger partial charge in [0.2, 0.25) is 6.04 Å². The van der Waals surface area contributed by atoms with Crippen molar-refractivity contribution in [2.24, 2.45) is 5.73 Å². The first-order valence-corrected chi connectivity index (χ1v) is 18.2. The lowest BCUT2D eigenvalue weighted by molar-refractivity contribution is -0.239. The van der Waals surface area contributed by atoms with Gasteiger partial charge in [-0.1, -0.05) is 36.7 Å². The minimum absolute atomic E-state index is 0.0145. The molecule has 2 aliphatic rings. The molecule has 1 saturated heterocycles. The number of carbonyl (C=O) groups excluding carboxylic acids is 2. The summed E-state index contributed by atoms with van der Waals surface area (Å²) in [4.78, 5) is 30.7. The number of sulfonamides is 1. The minimum atomic E-state index is -5.84. The lowest BCUT2D eigenvalue weighted by Gasteiger charge is -2.38. The average molecular weight is 762 g/mol. The number of halogens is 6. The van der Waals surface area contributed by atoms with Crippen LogP contribution in [0.15, 0.2) is 59.5 Å². The zero-order valence-electron chi connectivity index (χ0n) is 27.5. The molecule has 1 heterocycles. The Morgan fingerprint density at radius 2 is 1.61 bits per heavy atom. The van der Waals surface area contributed by atoms with Crippen LogP contribution in [0.25, 0.3) is 10.8 Å². The zero-order chi connectivity index (χ0) is 37.1. The van der Waals surface area contributed by atoms with Gasteiger partial charge in [0, 0.05) is 24.7 Å². The van der Waals surface area contributed by atoms with Gasteiger partial charge < -0.3 is 24.9 Å². The van der Waals surface area contributed by atoms with E-state index in [0.29, 0.717) is 17.6 Å². The van der Waals surface area contributed by atoms with Crippen LogP contribution in [0.1, 0.15) is 57.4 Å². The quantitative estimate of drug-likeness (QED) is 0.159. The number of carbonyl (C=O) groups is 2. The highest BCUT2D eigenvalue weighted by molar-refractivity contribution is 7.89. The fraction of sp³-hybridized carbons (Fsp3) is 0.471. The molecular weight excluding hydrogens is 725 g/mol. The molecule has 5 rings (SSSR count). The third kappa shape index (κ3) is 8.67. The highest BCUT2D eigenvalue weighted by atomic mass is 35.5. The van der Waals surface area contributed by atoms with Crippen LogP contribution >= 0.6 is 11.6 Å². The second-order valence-corrected chi connectivity index (χ2v) is 14.7. The average Bonchev–Trinajstić information content (AvgIpc) is 3.60. The molecule has 0 aromatic heterocycles. The number of rotatable bonds is 12. The van der Waals surface area contributed by atoms with Gasteiger partial charge in [-0.3, -0.25) is 4.79 Å². The number of nitrogens with two attached hydrogens (primary N) is 1. The van der Waals surface area contributed by atoms with Crippen molar-refractivity contribution in [2.45, 2.75) is 87.1 Å². The molecule has 278 valence electrons. The first-order chi connectivity index (χ1) is 24.0. The number of piperidine rings is 1. The molecule has 1 aliphatic carbocycles. The number of hydrogen-bond acceptors (Lipinski definition) is 8. The molecule has 3 aromatic carbocycles. The molecule has 3 aromatic rings. The van der Waals surface area contributed by atoms with Crippen molar-refractivity contribution >= 4 is 44.3 Å². The maximum absolute atomic E-state index is 16.9. The summed E-state index contributed by atoms with van der Waals surface area (Å²) in [5.74, 6) is -9.14. The number of hydroxylamine groups is 1. The SMILES string of the molecule is CCCOc1cc(C(F)(F)[C@@H](C(=O)N2CCC(N)CC2)N(OC(=O)C(F)(F)F)S(=O)(=O)c2ccc3cc(OC4CCCC4)ccc3c2)ccc1Cl. The number of amides is 1. The van der Waals surface area contributed by atoms with Crippen molar-refractivity contribution < 1.29 is 54.3 Å². The fourth-order valence-electron chi connectivity index (χ4n) is 5.97. The first-order valence-electron chi connectivity index (χ1n) is 16.4. The molecule has 1 saturated carbocycles. The summed E-state index contributed by atoms with van der Waals surface area (Å²) in [7, 11) is -5.64. The summed E-state index contributed by atoms with van der Waals surface area (Å²) in [5, 5.41) is 0.607. The molecule has 1 aliphatic heterocycles. The molecule has 2 N–H and O–H groups in total. The number of benzene rings is 3. The first kappa shape index (κ1) is 38.5. The molecule has 10 nitrogen and oxygen atoms in total. The van der Waals surface area contributed by atoms with Crippen LogP contribution in [0.3, 0.4) is 0 Å². The maximum atomic E-state index is 16.9. The summed E-state index contributed by atoms with van der Waals surface area (Å²) >= 11 is 6.13. The van der Waals surface area contributed by atoms with E-state index in [-0.39, 0.29) is 54.8 Å². The second kappa shape index (κ2) is 15.5. The van der Waals surface area contributed by atoms with Crippen LogP contribution in [0.4, 0.5) is 22.0 Å². The third-order valence-electron chi connectivity index (χ3n) is 8.74. The van der Waals surface area contributed by atoms with E-state index < -0.39 is 61.0 Å². The molecule has 1 amide bonds. The zero-order valence-corrected chi connectivity index (χ0v) is 29.1. The Bertz CT molecular complexity index is 1850. The predicted molar refractivity (Wildman–Crippen MR) is 177 cm³/mol. The Morgan fingerprint density at radius 1 is 0.961 bits per heavy atom. The summed E-state index contributed by atoms with van der Waals surface area (Å²) < 4.78 is 114. The summed E-state index contributed by atoms with van der Waals surface area (Å²) in [6.45, 7) is 1.34. The molecule has 1 atom stereocenters. The van der Waals surface area contributed by atoms with Gasteiger partial charge in [0.25, 0.3) is 15.9 Å². The largest absolute Gasteiger partial charge is 0.492 e. The number of hydrogen-bond donors (Lipinski definition) is 1. The van der Waals surface area contributed by atoms with E-state index in [1.807, 2.05) is 0 Å². The smallest absolute Gasteiger partial charge is 0.492 e. The predicted octanol–water partition coefficient (Wildman–Crippen LogP) is 6.72. The van der Waals surface area contributed by atoms with Crippen molar-refractivity contribution in [3.05, 3.63) is 65.2 Å². The Morgan fingerprint density at radius 3 is 2.25 bits per heavy atom. The van der Waals surface area contributed by atoms with E-state index in [9.17, 15) is 31.2 Å². The van der Waals surface area contributed by atoms with Crippen LogP contribution in [0, 0.1) is 0 Å². The molecule has 0 unspecified atom stereocenters. The third-order valence-corrected chi connectivity index (χ3v) is 10.7. The Labute approximate surface area is 296 Å². The molecule has 51 heavy (non-hydrogen) atoms. The van der Waals surface area contributed by atoms with Gasteiger partial charge in [0.1, 0.15) is 11.5 Å². The van der Waals surface area contributed by atoms with E-state index in [0.717, 1.165) is 60.9 Å². The van der Waals surface area contributed by atoms with Crippen LogP contribution in [-0.4, -0.2) is 73.7 Å². The lowest BCUT2D eigenvalue weighted by Crippen LogP contribution is -2.60. The van der Waals surface area contributed by atoms with Gasteiger partial charge in [-0.25, -0.2) is 13.2 Å². The van der Waals surface area contributed by atoms with Gasteiger partial charge in [0.05, 0.1) is 22.6 Å². The molecule has 2 fully saturated rings. The van der Waals surface area contributed by atoms with Crippen molar-refractivity contribution in [2.75, 3.05) is 19.7 Å². The van der Waals surface area contributed by atoms with Gasteiger partial charge in [0.15, 0.2) is 0 Å². The summed E-state index contributed by atoms with van der Waals surface area (Å²) in [5.41, 5.74) is 4.87. The number of nitrogens with zero attached hydrogens (tertiary/aromatic N) is 2. The van der Waals surface area contributed by atoms with Gasteiger partial charge in [-0.15, -0.1) is 0 Å². The molecule has 0 radical (unpaired) electrons. The van der Waals surface area contributed by atoms with Crippen molar-refractivity contribution in [1.82, 2.24) is 9.37 Å². The Hall–Kier alpha value is -3.73. The van der Waals surface area contributed by atoms with Crippen LogP contribution in [-0.2, 0) is 30.4 Å². The number of alkyl halides is 5. The molecule has 17 heteroatoms. The summed E-state index contributed by atoms with van der Waals surface area (Å²) in [6.07, 6.45) is -1.31. The van der Waals surface area contributed by atoms with Crippen molar-refractivity contribution in [3.8, 4) is 11.5 Å². The van der Waals surface area contributed by atoms with E-state index in [1.165, 1.54) is 12.1 Å². The Balaban J connectivity index is 1.63. The van der Waals surface area contributed by atoms with Crippen molar-refractivity contribution in [3.63, 3.8) is 0 Å². The fourth-order valence-corrected chi connectivity index (χ4v) is 7.54. The van der Waals surface area contributed by atoms with Gasteiger partial charge in [-0.05, 0) is 96.6 Å². The minimum Gasteiger partial charge on any atom is -0.492 e. The topological polar surface area (TPSA) is 128 Å². The van der Waals surface area contributed by atoms with Crippen LogP contribution < -0.4 is 15.2 Å².